The fraction of sp³-hybridized carbons (Fsp3) is 0.625. The van der Waals surface area contributed by atoms with E-state index in [1.54, 1.807) is 0 Å². The van der Waals surface area contributed by atoms with Crippen LogP contribution in [0.1, 0.15) is 155 Å². The summed E-state index contributed by atoms with van der Waals surface area (Å²) in [7, 11) is -4.65. The van der Waals surface area contributed by atoms with E-state index >= 15 is 0 Å². The minimum absolute atomic E-state index is 0.0499. The molecule has 11 heteroatoms. The van der Waals surface area contributed by atoms with Gasteiger partial charge in [-0.15, -0.1) is 0 Å². The topological polar surface area (TPSA) is 149 Å². The van der Waals surface area contributed by atoms with Crippen LogP contribution < -0.4 is 0 Å². The third-order valence-electron chi connectivity index (χ3n) is 8.72. The minimum atomic E-state index is -4.65. The molecule has 0 rings (SSSR count). The van der Waals surface area contributed by atoms with Gasteiger partial charge in [0.15, 0.2) is 6.10 Å². The molecule has 0 spiro atoms. The Bertz CT molecular complexity index is 1300. The zero-order valence-electron chi connectivity index (χ0n) is 36.4. The molecule has 0 saturated carbocycles. The van der Waals surface area contributed by atoms with Crippen molar-refractivity contribution in [2.24, 2.45) is 0 Å². The second-order valence-corrected chi connectivity index (χ2v) is 15.8. The van der Waals surface area contributed by atoms with Crippen LogP contribution in [-0.4, -0.2) is 65.7 Å². The predicted molar refractivity (Wildman–Crippen MR) is 242 cm³/mol. The molecule has 0 bridgehead atoms. The number of rotatable bonds is 40. The van der Waals surface area contributed by atoms with Gasteiger partial charge in [-0.25, -0.2) is 4.57 Å². The molecule has 0 aromatic carbocycles. The van der Waals surface area contributed by atoms with Crippen LogP contribution in [0.25, 0.3) is 0 Å². The molecule has 336 valence electrons. The molecule has 0 heterocycles. The van der Waals surface area contributed by atoms with Crippen molar-refractivity contribution in [2.75, 3.05) is 26.4 Å². The van der Waals surface area contributed by atoms with Gasteiger partial charge in [-0.1, -0.05) is 150 Å². The summed E-state index contributed by atoms with van der Waals surface area (Å²) in [6.45, 7) is 2.19. The SMILES string of the molecule is CCCCC/C=C/C/C=C/C/C=C/C/C=C/C/C=C/CCC(=O)O[C@H](COC(=O)CCCCCC/C=C/C/C=C/C/C=C/CCCCC)COP(=O)(O)OC[C@@H](O)CO. The number of aliphatic hydroxyl groups excluding tert-OH is 2. The number of unbranched alkanes of at least 4 members (excludes halogenated alkanes) is 10. The first-order valence-electron chi connectivity index (χ1n) is 22.2. The van der Waals surface area contributed by atoms with Gasteiger partial charge in [0.1, 0.15) is 12.7 Å². The lowest BCUT2D eigenvalue weighted by Gasteiger charge is -2.20. The average Bonchev–Trinajstić information content (AvgIpc) is 3.22. The number of phosphoric acid groups is 1. The molecule has 3 N–H and O–H groups in total. The summed E-state index contributed by atoms with van der Waals surface area (Å²) in [4.78, 5) is 35.0. The summed E-state index contributed by atoms with van der Waals surface area (Å²) in [5, 5.41) is 18.3. The van der Waals surface area contributed by atoms with Crippen molar-refractivity contribution in [3.63, 3.8) is 0 Å². The first-order valence-corrected chi connectivity index (χ1v) is 23.7. The third-order valence-corrected chi connectivity index (χ3v) is 9.68. The second-order valence-electron chi connectivity index (χ2n) is 14.4. The lowest BCUT2D eigenvalue weighted by atomic mass is 10.1. The number of carbonyl (C=O) groups excluding carboxylic acids is 2. The fourth-order valence-corrected chi connectivity index (χ4v) is 6.06. The van der Waals surface area contributed by atoms with Crippen LogP contribution in [0.4, 0.5) is 0 Å². The maximum atomic E-state index is 12.6. The molecule has 0 aliphatic carbocycles. The Labute approximate surface area is 357 Å². The first-order chi connectivity index (χ1) is 28.7. The Morgan fingerprint density at radius 1 is 0.508 bits per heavy atom. The summed E-state index contributed by atoms with van der Waals surface area (Å²) in [6, 6.07) is 0. The lowest BCUT2D eigenvalue weighted by Crippen LogP contribution is -2.29. The highest BCUT2D eigenvalue weighted by molar-refractivity contribution is 7.47. The molecular formula is C48H79O10P. The second kappa shape index (κ2) is 43.0. The van der Waals surface area contributed by atoms with Crippen LogP contribution in [0.5, 0.6) is 0 Å². The van der Waals surface area contributed by atoms with E-state index in [9.17, 15) is 24.2 Å². The van der Waals surface area contributed by atoms with E-state index in [0.717, 1.165) is 70.6 Å². The quantitative estimate of drug-likeness (QED) is 0.0235. The number of esters is 2. The highest BCUT2D eigenvalue weighted by Gasteiger charge is 2.27. The molecule has 10 nitrogen and oxygen atoms in total. The van der Waals surface area contributed by atoms with E-state index in [2.05, 4.69) is 103 Å². The highest BCUT2D eigenvalue weighted by atomic mass is 31.2. The van der Waals surface area contributed by atoms with E-state index in [1.807, 2.05) is 12.2 Å². The van der Waals surface area contributed by atoms with Gasteiger partial charge in [0.25, 0.3) is 0 Å². The van der Waals surface area contributed by atoms with Gasteiger partial charge in [-0.3, -0.25) is 18.6 Å². The number of phosphoric ester groups is 1. The summed E-state index contributed by atoms with van der Waals surface area (Å²) in [5.74, 6) is -1.06. The smallest absolute Gasteiger partial charge is 0.462 e. The molecule has 0 amide bonds. The highest BCUT2D eigenvalue weighted by Crippen LogP contribution is 2.43. The van der Waals surface area contributed by atoms with Crippen molar-refractivity contribution in [1.82, 2.24) is 0 Å². The Morgan fingerprint density at radius 2 is 0.915 bits per heavy atom. The largest absolute Gasteiger partial charge is 0.472 e. The number of hydrogen-bond donors (Lipinski definition) is 3. The molecular weight excluding hydrogens is 767 g/mol. The van der Waals surface area contributed by atoms with Crippen LogP contribution in [0.2, 0.25) is 0 Å². The maximum absolute atomic E-state index is 12.6. The Morgan fingerprint density at radius 3 is 1.37 bits per heavy atom. The van der Waals surface area contributed by atoms with Crippen molar-refractivity contribution >= 4 is 19.8 Å². The number of ether oxygens (including phenoxy) is 2. The molecule has 0 radical (unpaired) electrons. The summed E-state index contributed by atoms with van der Waals surface area (Å²) in [6.07, 6.45) is 52.4. The lowest BCUT2D eigenvalue weighted by molar-refractivity contribution is -0.161. The predicted octanol–water partition coefficient (Wildman–Crippen LogP) is 12.0. The van der Waals surface area contributed by atoms with Gasteiger partial charge < -0.3 is 24.6 Å². The van der Waals surface area contributed by atoms with Gasteiger partial charge in [-0.05, 0) is 89.9 Å². The minimum Gasteiger partial charge on any atom is -0.462 e. The Hall–Kier alpha value is -3.11. The van der Waals surface area contributed by atoms with Crippen molar-refractivity contribution in [3.05, 3.63) is 97.2 Å². The van der Waals surface area contributed by atoms with Gasteiger partial charge in [0.05, 0.1) is 19.8 Å². The number of carbonyl (C=O) groups is 2. The van der Waals surface area contributed by atoms with Crippen molar-refractivity contribution in [1.29, 1.82) is 0 Å². The Balaban J connectivity index is 4.48. The van der Waals surface area contributed by atoms with Crippen LogP contribution >= 0.6 is 7.82 Å². The Kier molecular flexibility index (Phi) is 40.7. The average molecular weight is 847 g/mol. The van der Waals surface area contributed by atoms with Crippen molar-refractivity contribution in [3.8, 4) is 0 Å². The first kappa shape index (κ1) is 55.9. The fourth-order valence-electron chi connectivity index (χ4n) is 5.27. The van der Waals surface area contributed by atoms with Gasteiger partial charge in [0, 0.05) is 12.8 Å². The van der Waals surface area contributed by atoms with Crippen molar-refractivity contribution in [2.45, 2.75) is 167 Å². The number of aliphatic hydroxyl groups is 2. The van der Waals surface area contributed by atoms with E-state index in [-0.39, 0.29) is 19.4 Å². The molecule has 59 heavy (non-hydrogen) atoms. The summed E-state index contributed by atoms with van der Waals surface area (Å²) < 4.78 is 32.6. The zero-order chi connectivity index (χ0) is 43.3. The van der Waals surface area contributed by atoms with Crippen LogP contribution in [-0.2, 0) is 32.7 Å². The monoisotopic (exact) mass is 847 g/mol. The number of hydrogen-bond acceptors (Lipinski definition) is 9. The van der Waals surface area contributed by atoms with E-state index < -0.39 is 51.8 Å². The van der Waals surface area contributed by atoms with E-state index in [0.29, 0.717) is 12.8 Å². The van der Waals surface area contributed by atoms with E-state index in [4.69, 9.17) is 19.1 Å². The summed E-state index contributed by atoms with van der Waals surface area (Å²) >= 11 is 0. The normalized spacial score (nSPS) is 14.7. The van der Waals surface area contributed by atoms with Gasteiger partial charge in [-0.2, -0.15) is 0 Å². The van der Waals surface area contributed by atoms with Gasteiger partial charge in [0.2, 0.25) is 0 Å². The number of allylic oxidation sites excluding steroid dienone is 16. The standard InChI is InChI=1S/C48H79O10P/c1-3-5-7-9-11-13-15-17-19-21-22-24-26-28-30-32-34-36-38-40-48(52)58-46(44-57-59(53,54)56-42-45(50)41-49)43-55-47(51)39-37-35-33-31-29-27-25-23-20-18-16-14-12-10-8-6-4-2/h11-14,17-20,22,24-25,27-28,30,34,36,45-46,49-50H,3-10,15-16,21,23,26,29,31-33,35,37-44H2,1-2H3,(H,53,54)/b13-11+,14-12+,19-17+,20-18+,24-22+,27-25+,30-28+,36-34+/t45-,46+/m0/s1. The molecule has 0 fully saturated rings. The zero-order valence-corrected chi connectivity index (χ0v) is 37.3. The molecule has 0 aliphatic heterocycles. The molecule has 3 atom stereocenters. The van der Waals surface area contributed by atoms with Crippen LogP contribution in [0, 0.1) is 0 Å². The van der Waals surface area contributed by atoms with E-state index in [1.165, 1.54) is 44.9 Å². The molecule has 1 unspecified atom stereocenters. The van der Waals surface area contributed by atoms with Crippen molar-refractivity contribution < 1.29 is 47.8 Å². The maximum Gasteiger partial charge on any atom is 0.472 e. The molecule has 0 aromatic heterocycles. The molecule has 0 saturated heterocycles. The molecule has 0 aromatic rings. The van der Waals surface area contributed by atoms with Gasteiger partial charge >= 0.3 is 19.8 Å². The van der Waals surface area contributed by atoms with Crippen LogP contribution in [0.15, 0.2) is 97.2 Å². The molecule has 0 aliphatic rings. The third kappa shape index (κ3) is 42.8. The summed E-state index contributed by atoms with van der Waals surface area (Å²) in [5.41, 5.74) is 0. The van der Waals surface area contributed by atoms with Crippen LogP contribution in [0.3, 0.4) is 0 Å².